The zero-order valence-corrected chi connectivity index (χ0v) is 17.4. The highest BCUT2D eigenvalue weighted by molar-refractivity contribution is 7.12. The molecule has 8 heteroatoms. The van der Waals surface area contributed by atoms with Gasteiger partial charge in [0.15, 0.2) is 0 Å². The predicted octanol–water partition coefficient (Wildman–Crippen LogP) is 4.55. The fourth-order valence-electron chi connectivity index (χ4n) is 2.99. The van der Waals surface area contributed by atoms with Crippen LogP contribution in [0.4, 0.5) is 16.2 Å². The van der Waals surface area contributed by atoms with Gasteiger partial charge in [0.05, 0.1) is 11.4 Å². The lowest BCUT2D eigenvalue weighted by Crippen LogP contribution is -2.33. The number of hydrogen-bond donors (Lipinski definition) is 4. The number of amides is 1. The zero-order chi connectivity index (χ0) is 20.8. The van der Waals surface area contributed by atoms with E-state index < -0.39 is 6.09 Å². The number of rotatable bonds is 8. The molecular weight excluding hydrogens is 398 g/mol. The van der Waals surface area contributed by atoms with Gasteiger partial charge < -0.3 is 25.7 Å². The number of carbonyl (C=O) groups is 1. The summed E-state index contributed by atoms with van der Waals surface area (Å²) in [6.07, 6.45) is 3.10. The monoisotopic (exact) mass is 421 g/mol. The van der Waals surface area contributed by atoms with E-state index in [4.69, 9.17) is 4.74 Å². The van der Waals surface area contributed by atoms with Gasteiger partial charge in [-0.15, -0.1) is 11.3 Å². The van der Waals surface area contributed by atoms with Gasteiger partial charge in [0, 0.05) is 37.4 Å². The Hall–Kier alpha value is -3.36. The maximum atomic E-state index is 12.2. The molecule has 4 rings (SSSR count). The summed E-state index contributed by atoms with van der Waals surface area (Å²) in [5.41, 5.74) is 4.89. The van der Waals surface area contributed by atoms with Crippen molar-refractivity contribution in [1.82, 2.24) is 20.6 Å². The third-order valence-corrected chi connectivity index (χ3v) is 5.35. The number of carbonyl (C=O) groups excluding carboxylic acids is 1. The largest absolute Gasteiger partial charge is 0.413 e. The number of nitrogens with zero attached hydrogens (tertiary/aromatic N) is 1. The van der Waals surface area contributed by atoms with Gasteiger partial charge in [0.1, 0.15) is 5.65 Å². The maximum absolute atomic E-state index is 12.2. The second kappa shape index (κ2) is 9.43. The Morgan fingerprint density at radius 1 is 1.10 bits per heavy atom. The molecule has 7 nitrogen and oxygen atoms in total. The number of anilines is 2. The average Bonchev–Trinajstić information content (AvgIpc) is 3.39. The number of ether oxygens (including phenoxy) is 1. The van der Waals surface area contributed by atoms with Gasteiger partial charge in [-0.05, 0) is 36.1 Å². The fraction of sp³-hybridized carbons (Fsp3) is 0.182. The number of aromatic amines is 1. The van der Waals surface area contributed by atoms with Crippen molar-refractivity contribution >= 4 is 39.8 Å². The molecule has 0 aliphatic carbocycles. The van der Waals surface area contributed by atoms with E-state index in [1.165, 1.54) is 22.5 Å². The zero-order valence-electron chi connectivity index (χ0n) is 16.6. The van der Waals surface area contributed by atoms with Crippen molar-refractivity contribution in [2.75, 3.05) is 18.4 Å². The molecule has 4 N–H and O–H groups in total. The van der Waals surface area contributed by atoms with Crippen LogP contribution >= 0.6 is 11.3 Å². The topological polar surface area (TPSA) is 91.1 Å². The Kier molecular flexibility index (Phi) is 6.26. The summed E-state index contributed by atoms with van der Waals surface area (Å²) in [6, 6.07) is 14.1. The molecule has 0 bridgehead atoms. The highest BCUT2D eigenvalue weighted by Gasteiger charge is 2.12. The van der Waals surface area contributed by atoms with Crippen molar-refractivity contribution in [1.29, 1.82) is 0 Å². The van der Waals surface area contributed by atoms with Crippen LogP contribution < -0.4 is 20.7 Å². The Balaban J connectivity index is 1.25. The molecule has 3 aromatic heterocycles. The van der Waals surface area contributed by atoms with Crippen LogP contribution in [0, 0.1) is 6.92 Å². The maximum Gasteiger partial charge on any atom is 0.413 e. The average molecular weight is 422 g/mol. The summed E-state index contributed by atoms with van der Waals surface area (Å²) in [4.78, 5) is 19.5. The standard InChI is InChI=1S/C22H23N5O2S/c1-15-2-4-16(5-3-15)14-23-11-12-26-22(28)29-21-19(8-13-30-21)27-18-7-10-25-20-17(18)6-9-24-20/h2-10,13,23H,11-12,14H2,1H3,(H,26,28)(H2,24,25,27). The smallest absolute Gasteiger partial charge is 0.397 e. The third kappa shape index (κ3) is 4.97. The van der Waals surface area contributed by atoms with Gasteiger partial charge in [0.25, 0.3) is 0 Å². The minimum Gasteiger partial charge on any atom is -0.397 e. The number of aryl methyl sites for hydroxylation is 1. The van der Waals surface area contributed by atoms with E-state index in [2.05, 4.69) is 57.1 Å². The summed E-state index contributed by atoms with van der Waals surface area (Å²) in [5, 5.41) is 12.8. The number of pyridine rings is 1. The quantitative estimate of drug-likeness (QED) is 0.313. The summed E-state index contributed by atoms with van der Waals surface area (Å²) < 4.78 is 5.48. The Bertz CT molecular complexity index is 1120. The summed E-state index contributed by atoms with van der Waals surface area (Å²) in [7, 11) is 0. The second-order valence-electron chi connectivity index (χ2n) is 6.82. The lowest BCUT2D eigenvalue weighted by atomic mass is 10.1. The van der Waals surface area contributed by atoms with Gasteiger partial charge in [-0.2, -0.15) is 0 Å². The van der Waals surface area contributed by atoms with Crippen molar-refractivity contribution in [3.05, 3.63) is 71.4 Å². The molecule has 1 aromatic carbocycles. The molecular formula is C22H23N5O2S. The van der Waals surface area contributed by atoms with Crippen LogP contribution in [-0.2, 0) is 6.54 Å². The molecule has 154 valence electrons. The number of thiophene rings is 1. The number of nitrogens with one attached hydrogen (secondary N) is 4. The number of aromatic nitrogens is 2. The first-order valence-electron chi connectivity index (χ1n) is 9.67. The van der Waals surface area contributed by atoms with Crippen LogP contribution in [0.25, 0.3) is 11.0 Å². The van der Waals surface area contributed by atoms with Crippen molar-refractivity contribution in [2.24, 2.45) is 0 Å². The van der Waals surface area contributed by atoms with Crippen molar-refractivity contribution in [2.45, 2.75) is 13.5 Å². The molecule has 4 aromatic rings. The van der Waals surface area contributed by atoms with Crippen molar-refractivity contribution in [3.8, 4) is 5.06 Å². The highest BCUT2D eigenvalue weighted by Crippen LogP contribution is 2.35. The molecule has 30 heavy (non-hydrogen) atoms. The molecule has 0 aliphatic rings. The molecule has 3 heterocycles. The summed E-state index contributed by atoms with van der Waals surface area (Å²) in [6.45, 7) is 3.96. The van der Waals surface area contributed by atoms with Gasteiger partial charge in [-0.3, -0.25) is 0 Å². The Labute approximate surface area is 178 Å². The van der Waals surface area contributed by atoms with Crippen LogP contribution in [0.5, 0.6) is 5.06 Å². The number of benzene rings is 1. The molecule has 0 saturated carbocycles. The first-order valence-corrected chi connectivity index (χ1v) is 10.6. The fourth-order valence-corrected chi connectivity index (χ4v) is 3.69. The first kappa shape index (κ1) is 19.9. The lowest BCUT2D eigenvalue weighted by molar-refractivity contribution is 0.202. The van der Waals surface area contributed by atoms with Gasteiger partial charge >= 0.3 is 6.09 Å². The molecule has 0 fully saturated rings. The minimum absolute atomic E-state index is 0.473. The van der Waals surface area contributed by atoms with Gasteiger partial charge in [-0.25, -0.2) is 9.78 Å². The molecule has 0 atom stereocenters. The summed E-state index contributed by atoms with van der Waals surface area (Å²) >= 11 is 1.36. The minimum atomic E-state index is -0.473. The van der Waals surface area contributed by atoms with Crippen molar-refractivity contribution in [3.63, 3.8) is 0 Å². The molecule has 0 saturated heterocycles. The molecule has 0 spiro atoms. The normalized spacial score (nSPS) is 10.8. The first-order chi connectivity index (χ1) is 14.7. The van der Waals surface area contributed by atoms with E-state index in [0.29, 0.717) is 18.2 Å². The molecule has 0 aliphatic heterocycles. The molecule has 0 radical (unpaired) electrons. The van der Waals surface area contributed by atoms with Crippen LogP contribution in [0.15, 0.2) is 60.2 Å². The molecule has 1 amide bonds. The number of hydrogen-bond acceptors (Lipinski definition) is 6. The number of H-pyrrole nitrogens is 1. The van der Waals surface area contributed by atoms with E-state index in [9.17, 15) is 4.79 Å². The highest BCUT2D eigenvalue weighted by atomic mass is 32.1. The van der Waals surface area contributed by atoms with Crippen LogP contribution in [0.2, 0.25) is 0 Å². The Morgan fingerprint density at radius 2 is 1.97 bits per heavy atom. The van der Waals surface area contributed by atoms with E-state index in [1.54, 1.807) is 6.20 Å². The lowest BCUT2D eigenvalue weighted by Gasteiger charge is -2.10. The van der Waals surface area contributed by atoms with Crippen LogP contribution in [-0.4, -0.2) is 29.2 Å². The Morgan fingerprint density at radius 3 is 2.83 bits per heavy atom. The summed E-state index contributed by atoms with van der Waals surface area (Å²) in [5.74, 6) is 0. The van der Waals surface area contributed by atoms with Crippen LogP contribution in [0.1, 0.15) is 11.1 Å². The van der Waals surface area contributed by atoms with E-state index in [1.807, 2.05) is 29.8 Å². The SMILES string of the molecule is Cc1ccc(CNCCNC(=O)Oc2sccc2Nc2ccnc3[nH]ccc23)cc1. The van der Waals surface area contributed by atoms with Crippen molar-refractivity contribution < 1.29 is 9.53 Å². The number of fused-ring (bicyclic) bond motifs is 1. The van der Waals surface area contributed by atoms with E-state index in [0.717, 1.165) is 29.0 Å². The second-order valence-corrected chi connectivity index (χ2v) is 7.70. The van der Waals surface area contributed by atoms with Gasteiger partial charge in [-0.1, -0.05) is 29.8 Å². The molecule has 0 unspecified atom stereocenters. The third-order valence-electron chi connectivity index (χ3n) is 4.57. The van der Waals surface area contributed by atoms with E-state index in [-0.39, 0.29) is 0 Å². The predicted molar refractivity (Wildman–Crippen MR) is 121 cm³/mol. The van der Waals surface area contributed by atoms with E-state index >= 15 is 0 Å². The van der Waals surface area contributed by atoms with Crippen LogP contribution in [0.3, 0.4) is 0 Å². The van der Waals surface area contributed by atoms with Gasteiger partial charge in [0.2, 0.25) is 5.06 Å².